The number of nitrogens with one attached hydrogen (secondary N) is 1. The lowest BCUT2D eigenvalue weighted by atomic mass is 10.1. The van der Waals surface area contributed by atoms with Crippen molar-refractivity contribution in [1.82, 2.24) is 10.3 Å². The van der Waals surface area contributed by atoms with Crippen molar-refractivity contribution in [2.45, 2.75) is 12.5 Å². The van der Waals surface area contributed by atoms with Gasteiger partial charge in [0.05, 0.1) is 0 Å². The smallest absolute Gasteiger partial charge is 0.326 e. The molecule has 5 heteroatoms. The molecule has 1 aromatic heterocycles. The van der Waals surface area contributed by atoms with Gasteiger partial charge in [-0.1, -0.05) is 36.4 Å². The van der Waals surface area contributed by atoms with Crippen molar-refractivity contribution >= 4 is 18.0 Å². The Morgan fingerprint density at radius 2 is 1.95 bits per heavy atom. The van der Waals surface area contributed by atoms with E-state index in [4.69, 9.17) is 0 Å². The molecule has 0 aliphatic carbocycles. The van der Waals surface area contributed by atoms with Crippen molar-refractivity contribution < 1.29 is 14.7 Å². The predicted molar refractivity (Wildman–Crippen MR) is 83.0 cm³/mol. The second-order valence-electron chi connectivity index (χ2n) is 4.71. The molecule has 1 amide bonds. The highest BCUT2D eigenvalue weighted by Gasteiger charge is 2.19. The first-order valence-corrected chi connectivity index (χ1v) is 6.80. The van der Waals surface area contributed by atoms with Crippen LogP contribution in [0, 0.1) is 0 Å². The Labute approximate surface area is 128 Å². The van der Waals surface area contributed by atoms with E-state index in [0.29, 0.717) is 0 Å². The zero-order valence-electron chi connectivity index (χ0n) is 11.8. The van der Waals surface area contributed by atoms with Crippen LogP contribution in [0.2, 0.25) is 0 Å². The number of aliphatic carboxylic acids is 1. The molecule has 1 aromatic carbocycles. The zero-order valence-corrected chi connectivity index (χ0v) is 11.8. The van der Waals surface area contributed by atoms with Crippen LogP contribution in [0.3, 0.4) is 0 Å². The van der Waals surface area contributed by atoms with E-state index in [2.05, 4.69) is 10.3 Å². The average Bonchev–Trinajstić information content (AvgIpc) is 2.54. The highest BCUT2D eigenvalue weighted by atomic mass is 16.4. The number of nitrogens with zero attached hydrogens (tertiary/aromatic N) is 1. The molecule has 0 aliphatic heterocycles. The number of carbonyl (C=O) groups is 2. The fourth-order valence-electron chi connectivity index (χ4n) is 1.92. The largest absolute Gasteiger partial charge is 0.480 e. The highest BCUT2D eigenvalue weighted by molar-refractivity contribution is 5.94. The standard InChI is InChI=1S/C17H16N2O3/c20-16(9-8-14-7-4-10-18-12-14)19-15(17(21)22)11-13-5-2-1-3-6-13/h1-10,12,15H,11H2,(H,19,20)(H,21,22)/b9-8+. The first-order chi connectivity index (χ1) is 10.6. The van der Waals surface area contributed by atoms with Crippen molar-refractivity contribution in [3.8, 4) is 0 Å². The van der Waals surface area contributed by atoms with Gasteiger partial charge in [0.15, 0.2) is 0 Å². The van der Waals surface area contributed by atoms with Crippen LogP contribution in [-0.2, 0) is 16.0 Å². The molecule has 2 aromatic rings. The number of benzene rings is 1. The lowest BCUT2D eigenvalue weighted by Gasteiger charge is -2.13. The molecule has 0 saturated carbocycles. The molecule has 0 fully saturated rings. The monoisotopic (exact) mass is 296 g/mol. The van der Waals surface area contributed by atoms with Crippen molar-refractivity contribution in [2.75, 3.05) is 0 Å². The molecule has 5 nitrogen and oxygen atoms in total. The van der Waals surface area contributed by atoms with E-state index in [9.17, 15) is 14.7 Å². The summed E-state index contributed by atoms with van der Waals surface area (Å²) < 4.78 is 0. The van der Waals surface area contributed by atoms with E-state index in [-0.39, 0.29) is 6.42 Å². The molecule has 1 atom stereocenters. The van der Waals surface area contributed by atoms with Crippen LogP contribution < -0.4 is 5.32 Å². The molecular formula is C17H16N2O3. The second kappa shape index (κ2) is 7.73. The Morgan fingerprint density at radius 1 is 1.18 bits per heavy atom. The van der Waals surface area contributed by atoms with Gasteiger partial charge in [0.2, 0.25) is 5.91 Å². The minimum Gasteiger partial charge on any atom is -0.480 e. The molecule has 112 valence electrons. The lowest BCUT2D eigenvalue weighted by molar-refractivity contribution is -0.141. The molecule has 0 saturated heterocycles. The third-order valence-corrected chi connectivity index (χ3v) is 3.01. The minimum absolute atomic E-state index is 0.239. The summed E-state index contributed by atoms with van der Waals surface area (Å²) in [6, 6.07) is 11.8. The summed E-state index contributed by atoms with van der Waals surface area (Å²) in [5.74, 6) is -1.51. The molecule has 1 unspecified atom stereocenters. The van der Waals surface area contributed by atoms with E-state index in [1.807, 2.05) is 30.3 Å². The van der Waals surface area contributed by atoms with Crippen molar-refractivity contribution in [3.05, 3.63) is 72.1 Å². The first-order valence-electron chi connectivity index (χ1n) is 6.80. The summed E-state index contributed by atoms with van der Waals surface area (Å²) in [7, 11) is 0. The van der Waals surface area contributed by atoms with Crippen LogP contribution in [-0.4, -0.2) is 28.0 Å². The fraction of sp³-hybridized carbons (Fsp3) is 0.118. The van der Waals surface area contributed by atoms with E-state index >= 15 is 0 Å². The van der Waals surface area contributed by atoms with Gasteiger partial charge in [-0.2, -0.15) is 0 Å². The first kappa shape index (κ1) is 15.4. The third-order valence-electron chi connectivity index (χ3n) is 3.01. The van der Waals surface area contributed by atoms with Gasteiger partial charge in [-0.15, -0.1) is 0 Å². The van der Waals surface area contributed by atoms with Crippen LogP contribution in [0.1, 0.15) is 11.1 Å². The number of hydrogen-bond donors (Lipinski definition) is 2. The summed E-state index contributed by atoms with van der Waals surface area (Å²) in [6.45, 7) is 0. The van der Waals surface area contributed by atoms with Crippen LogP contribution in [0.25, 0.3) is 6.08 Å². The second-order valence-corrected chi connectivity index (χ2v) is 4.71. The summed E-state index contributed by atoms with van der Waals surface area (Å²) in [5, 5.41) is 11.7. The van der Waals surface area contributed by atoms with Gasteiger partial charge < -0.3 is 10.4 Å². The van der Waals surface area contributed by atoms with Crippen LogP contribution in [0.5, 0.6) is 0 Å². The maximum Gasteiger partial charge on any atom is 0.326 e. The Bertz CT molecular complexity index is 654. The minimum atomic E-state index is -1.06. The van der Waals surface area contributed by atoms with Gasteiger partial charge in [-0.05, 0) is 23.3 Å². The summed E-state index contributed by atoms with van der Waals surface area (Å²) in [4.78, 5) is 27.0. The molecular weight excluding hydrogens is 280 g/mol. The van der Waals surface area contributed by atoms with Gasteiger partial charge in [0.1, 0.15) is 6.04 Å². The number of aromatic nitrogens is 1. The number of carboxylic acids is 1. The lowest BCUT2D eigenvalue weighted by Crippen LogP contribution is -2.41. The van der Waals surface area contributed by atoms with Gasteiger partial charge in [0, 0.05) is 24.9 Å². The molecule has 1 heterocycles. The van der Waals surface area contributed by atoms with Gasteiger partial charge in [0.25, 0.3) is 0 Å². The Morgan fingerprint density at radius 3 is 2.59 bits per heavy atom. The Kier molecular flexibility index (Phi) is 5.43. The quantitative estimate of drug-likeness (QED) is 0.798. The molecule has 2 rings (SSSR count). The number of carboxylic acid groups (broad SMARTS) is 1. The van der Waals surface area contributed by atoms with Crippen molar-refractivity contribution in [2.24, 2.45) is 0 Å². The van der Waals surface area contributed by atoms with E-state index in [1.54, 1.807) is 30.6 Å². The molecule has 0 spiro atoms. The molecule has 0 radical (unpaired) electrons. The van der Waals surface area contributed by atoms with Gasteiger partial charge >= 0.3 is 5.97 Å². The number of hydrogen-bond acceptors (Lipinski definition) is 3. The van der Waals surface area contributed by atoms with Gasteiger partial charge in [-0.3, -0.25) is 9.78 Å². The number of amides is 1. The topological polar surface area (TPSA) is 79.3 Å². The van der Waals surface area contributed by atoms with Crippen molar-refractivity contribution in [3.63, 3.8) is 0 Å². The fourth-order valence-corrected chi connectivity index (χ4v) is 1.92. The number of pyridine rings is 1. The molecule has 0 aliphatic rings. The van der Waals surface area contributed by atoms with Crippen LogP contribution >= 0.6 is 0 Å². The number of carbonyl (C=O) groups excluding carboxylic acids is 1. The third kappa shape index (κ3) is 4.86. The van der Waals surface area contributed by atoms with E-state index < -0.39 is 17.9 Å². The maximum atomic E-state index is 11.8. The normalized spacial score (nSPS) is 12.0. The predicted octanol–water partition coefficient (Wildman–Crippen LogP) is 1.91. The molecule has 2 N–H and O–H groups in total. The van der Waals surface area contributed by atoms with Gasteiger partial charge in [-0.25, -0.2) is 4.79 Å². The Hall–Kier alpha value is -2.95. The van der Waals surface area contributed by atoms with E-state index in [1.165, 1.54) is 6.08 Å². The molecule has 22 heavy (non-hydrogen) atoms. The SMILES string of the molecule is O=C(/C=C/c1cccnc1)NC(Cc1ccccc1)C(=O)O. The average molecular weight is 296 g/mol. The maximum absolute atomic E-state index is 11.8. The highest BCUT2D eigenvalue weighted by Crippen LogP contribution is 2.04. The molecule has 0 bridgehead atoms. The Balaban J connectivity index is 1.97. The van der Waals surface area contributed by atoms with Crippen molar-refractivity contribution in [1.29, 1.82) is 0 Å². The van der Waals surface area contributed by atoms with E-state index in [0.717, 1.165) is 11.1 Å². The number of rotatable bonds is 6. The zero-order chi connectivity index (χ0) is 15.8. The van der Waals surface area contributed by atoms with Crippen LogP contribution in [0.4, 0.5) is 0 Å². The summed E-state index contributed by atoms with van der Waals surface area (Å²) >= 11 is 0. The summed E-state index contributed by atoms with van der Waals surface area (Å²) in [5.41, 5.74) is 1.62. The summed E-state index contributed by atoms with van der Waals surface area (Å²) in [6.07, 6.45) is 6.38. The van der Waals surface area contributed by atoms with Crippen LogP contribution in [0.15, 0.2) is 60.9 Å².